The molecular weight excluding hydrogens is 360 g/mol. The first-order chi connectivity index (χ1) is 14.0. The van der Waals surface area contributed by atoms with Gasteiger partial charge in [0.05, 0.1) is 17.4 Å². The maximum Gasteiger partial charge on any atom is 0.253 e. The number of carbonyl (C=O) groups excluding carboxylic acids is 1. The molecular formula is C24H30N4O. The third-order valence-electron chi connectivity index (χ3n) is 6.11. The molecule has 5 nitrogen and oxygen atoms in total. The molecule has 1 aliphatic heterocycles. The molecule has 1 fully saturated rings. The first-order valence-corrected chi connectivity index (χ1v) is 10.5. The molecule has 0 spiro atoms. The van der Waals surface area contributed by atoms with Crippen molar-refractivity contribution in [1.82, 2.24) is 19.4 Å². The van der Waals surface area contributed by atoms with Crippen molar-refractivity contribution >= 4 is 16.9 Å². The van der Waals surface area contributed by atoms with Crippen molar-refractivity contribution in [3.8, 4) is 0 Å². The van der Waals surface area contributed by atoms with Crippen molar-refractivity contribution in [2.75, 3.05) is 20.1 Å². The molecule has 0 radical (unpaired) electrons. The van der Waals surface area contributed by atoms with Gasteiger partial charge in [0.15, 0.2) is 0 Å². The van der Waals surface area contributed by atoms with Crippen molar-refractivity contribution < 1.29 is 4.79 Å². The van der Waals surface area contributed by atoms with E-state index < -0.39 is 0 Å². The van der Waals surface area contributed by atoms with Gasteiger partial charge in [-0.3, -0.25) is 9.69 Å². The zero-order valence-corrected chi connectivity index (χ0v) is 17.6. The summed E-state index contributed by atoms with van der Waals surface area (Å²) < 4.78 is 2.14. The maximum absolute atomic E-state index is 13.0. The summed E-state index contributed by atoms with van der Waals surface area (Å²) in [4.78, 5) is 21.9. The molecule has 2 aromatic carbocycles. The number of benzene rings is 2. The second kappa shape index (κ2) is 8.37. The van der Waals surface area contributed by atoms with Gasteiger partial charge in [-0.15, -0.1) is 0 Å². The van der Waals surface area contributed by atoms with E-state index >= 15 is 0 Å². The number of likely N-dealkylation sites (N-methyl/N-ethyl adjacent to an activating group) is 1. The van der Waals surface area contributed by atoms with E-state index in [0.29, 0.717) is 6.04 Å². The van der Waals surface area contributed by atoms with Crippen molar-refractivity contribution in [1.29, 1.82) is 0 Å². The SMILES string of the molecule is CC(C)N1CCCC(N(C)C(=O)c2ccc(Cn3cnc4ccccc43)cc2)C1. The van der Waals surface area contributed by atoms with Crippen LogP contribution in [0.25, 0.3) is 11.0 Å². The molecule has 1 aromatic heterocycles. The van der Waals surface area contributed by atoms with E-state index in [4.69, 9.17) is 0 Å². The van der Waals surface area contributed by atoms with Crippen LogP contribution in [-0.2, 0) is 6.54 Å². The zero-order chi connectivity index (χ0) is 20.4. The number of piperidine rings is 1. The first-order valence-electron chi connectivity index (χ1n) is 10.5. The molecule has 1 atom stereocenters. The fourth-order valence-corrected chi connectivity index (χ4v) is 4.22. The summed E-state index contributed by atoms with van der Waals surface area (Å²) in [7, 11) is 1.95. The number of imidazole rings is 1. The van der Waals surface area contributed by atoms with E-state index in [1.165, 1.54) is 0 Å². The fourth-order valence-electron chi connectivity index (χ4n) is 4.22. The van der Waals surface area contributed by atoms with Gasteiger partial charge in [0.2, 0.25) is 0 Å². The molecule has 4 rings (SSSR count). The highest BCUT2D eigenvalue weighted by molar-refractivity contribution is 5.94. The summed E-state index contributed by atoms with van der Waals surface area (Å²) in [6.45, 7) is 7.30. The Morgan fingerprint density at radius 3 is 2.69 bits per heavy atom. The van der Waals surface area contributed by atoms with Crippen LogP contribution in [0.4, 0.5) is 0 Å². The van der Waals surface area contributed by atoms with Crippen molar-refractivity contribution in [2.24, 2.45) is 0 Å². The lowest BCUT2D eigenvalue weighted by molar-refractivity contribution is 0.0575. The number of hydrogen-bond acceptors (Lipinski definition) is 3. The Morgan fingerprint density at radius 2 is 1.93 bits per heavy atom. The van der Waals surface area contributed by atoms with Crippen molar-refractivity contribution in [2.45, 2.75) is 45.3 Å². The number of fused-ring (bicyclic) bond motifs is 1. The van der Waals surface area contributed by atoms with E-state index in [9.17, 15) is 4.79 Å². The van der Waals surface area contributed by atoms with Gasteiger partial charge in [-0.2, -0.15) is 0 Å². The van der Waals surface area contributed by atoms with Gasteiger partial charge in [0.1, 0.15) is 0 Å². The Balaban J connectivity index is 1.43. The second-order valence-electron chi connectivity index (χ2n) is 8.36. The summed E-state index contributed by atoms with van der Waals surface area (Å²) >= 11 is 0. The lowest BCUT2D eigenvalue weighted by Crippen LogP contribution is -2.50. The van der Waals surface area contributed by atoms with E-state index in [1.54, 1.807) is 0 Å². The Morgan fingerprint density at radius 1 is 1.17 bits per heavy atom. The van der Waals surface area contributed by atoms with Gasteiger partial charge < -0.3 is 9.47 Å². The van der Waals surface area contributed by atoms with Crippen molar-refractivity contribution in [3.05, 3.63) is 66.0 Å². The lowest BCUT2D eigenvalue weighted by atomic mass is 10.0. The number of para-hydroxylation sites is 2. The standard InChI is InChI=1S/C24H30N4O/c1-18(2)27-14-6-7-21(16-27)26(3)24(29)20-12-10-19(11-13-20)15-28-17-25-22-8-4-5-9-23(22)28/h4-5,8-13,17-18,21H,6-7,14-16H2,1-3H3. The molecule has 29 heavy (non-hydrogen) atoms. The van der Waals surface area contributed by atoms with Crippen LogP contribution in [0.3, 0.4) is 0 Å². The maximum atomic E-state index is 13.0. The van der Waals surface area contributed by atoms with Crippen LogP contribution >= 0.6 is 0 Å². The Kier molecular flexibility index (Phi) is 5.67. The van der Waals surface area contributed by atoms with Gasteiger partial charge in [-0.05, 0) is 63.1 Å². The van der Waals surface area contributed by atoms with Crippen LogP contribution in [0, 0.1) is 0 Å². The monoisotopic (exact) mass is 390 g/mol. The Hall–Kier alpha value is -2.66. The second-order valence-corrected chi connectivity index (χ2v) is 8.36. The molecule has 1 amide bonds. The van der Waals surface area contributed by atoms with Crippen LogP contribution in [0.2, 0.25) is 0 Å². The van der Waals surface area contributed by atoms with Crippen LogP contribution in [0.15, 0.2) is 54.9 Å². The molecule has 0 bridgehead atoms. The minimum Gasteiger partial charge on any atom is -0.337 e. The van der Waals surface area contributed by atoms with Crippen LogP contribution in [0.5, 0.6) is 0 Å². The average Bonchev–Trinajstić information content (AvgIpc) is 3.16. The largest absolute Gasteiger partial charge is 0.337 e. The zero-order valence-electron chi connectivity index (χ0n) is 17.6. The number of rotatable bonds is 5. The smallest absolute Gasteiger partial charge is 0.253 e. The van der Waals surface area contributed by atoms with E-state index in [-0.39, 0.29) is 11.9 Å². The molecule has 5 heteroatoms. The summed E-state index contributed by atoms with van der Waals surface area (Å²) in [5, 5.41) is 0. The quantitative estimate of drug-likeness (QED) is 0.660. The number of carbonyl (C=O) groups is 1. The van der Waals surface area contributed by atoms with Gasteiger partial charge in [-0.1, -0.05) is 24.3 Å². The Labute approximate surface area is 172 Å². The summed E-state index contributed by atoms with van der Waals surface area (Å²) in [6, 6.07) is 17.0. The molecule has 0 N–H and O–H groups in total. The molecule has 3 aromatic rings. The van der Waals surface area contributed by atoms with Crippen LogP contribution < -0.4 is 0 Å². The number of hydrogen-bond donors (Lipinski definition) is 0. The van der Waals surface area contributed by atoms with E-state index in [2.05, 4.69) is 46.5 Å². The molecule has 1 aliphatic rings. The van der Waals surface area contributed by atoms with E-state index in [1.807, 2.05) is 48.6 Å². The number of amides is 1. The predicted octanol–water partition coefficient (Wildman–Crippen LogP) is 4.03. The van der Waals surface area contributed by atoms with Gasteiger partial charge >= 0.3 is 0 Å². The summed E-state index contributed by atoms with van der Waals surface area (Å²) in [5.74, 6) is 0.111. The minimum atomic E-state index is 0.111. The van der Waals surface area contributed by atoms with Crippen LogP contribution in [0.1, 0.15) is 42.6 Å². The third kappa shape index (κ3) is 4.20. The molecule has 152 valence electrons. The van der Waals surface area contributed by atoms with E-state index in [0.717, 1.165) is 54.6 Å². The van der Waals surface area contributed by atoms with Crippen LogP contribution in [-0.4, -0.2) is 57.5 Å². The molecule has 2 heterocycles. The number of aromatic nitrogens is 2. The lowest BCUT2D eigenvalue weighted by Gasteiger charge is -2.39. The average molecular weight is 391 g/mol. The fraction of sp³-hybridized carbons (Fsp3) is 0.417. The third-order valence-corrected chi connectivity index (χ3v) is 6.11. The minimum absolute atomic E-state index is 0.111. The highest BCUT2D eigenvalue weighted by atomic mass is 16.2. The normalized spacial score (nSPS) is 17.7. The van der Waals surface area contributed by atoms with Gasteiger partial charge in [-0.25, -0.2) is 4.98 Å². The number of likely N-dealkylation sites (tertiary alicyclic amines) is 1. The van der Waals surface area contributed by atoms with Crippen molar-refractivity contribution in [3.63, 3.8) is 0 Å². The molecule has 1 unspecified atom stereocenters. The van der Waals surface area contributed by atoms with Gasteiger partial charge in [0.25, 0.3) is 5.91 Å². The summed E-state index contributed by atoms with van der Waals surface area (Å²) in [6.07, 6.45) is 4.11. The highest BCUT2D eigenvalue weighted by Crippen LogP contribution is 2.20. The predicted molar refractivity (Wildman–Crippen MR) is 117 cm³/mol. The Bertz CT molecular complexity index is 976. The molecule has 0 aliphatic carbocycles. The molecule has 1 saturated heterocycles. The topological polar surface area (TPSA) is 41.4 Å². The van der Waals surface area contributed by atoms with Gasteiger partial charge in [0, 0.05) is 37.8 Å². The molecule has 0 saturated carbocycles. The first kappa shape index (κ1) is 19.6. The number of nitrogens with zero attached hydrogens (tertiary/aromatic N) is 4. The highest BCUT2D eigenvalue weighted by Gasteiger charge is 2.27. The summed E-state index contributed by atoms with van der Waals surface area (Å²) in [5.41, 5.74) is 4.05.